The molecule has 0 amide bonds. The molecular weight excluding hydrogens is 381 g/mol. The standard InChI is InChI=1S/C23H19F3O3/c1-3-5-6-14-7-9-15(10-8-14)20(24)22(26)18-13-16-11-12-17(28-4-2)21(25)19(16)23(27)29-18/h3,7-13H,1,4-6H2,2H3/b22-20+. The fourth-order valence-electron chi connectivity index (χ4n) is 2.92. The van der Waals surface area contributed by atoms with E-state index < -0.39 is 28.9 Å². The summed E-state index contributed by atoms with van der Waals surface area (Å²) in [7, 11) is 0. The Kier molecular flexibility index (Phi) is 6.22. The van der Waals surface area contributed by atoms with Crippen LogP contribution in [0.5, 0.6) is 5.75 Å². The Morgan fingerprint density at radius 1 is 1.14 bits per heavy atom. The van der Waals surface area contributed by atoms with Crippen molar-refractivity contribution in [2.75, 3.05) is 6.61 Å². The number of rotatable bonds is 7. The van der Waals surface area contributed by atoms with Crippen LogP contribution in [0.15, 0.2) is 64.3 Å². The average molecular weight is 400 g/mol. The van der Waals surface area contributed by atoms with Crippen LogP contribution in [0.25, 0.3) is 22.4 Å². The number of hydrogen-bond donors (Lipinski definition) is 0. The first-order valence-corrected chi connectivity index (χ1v) is 9.11. The van der Waals surface area contributed by atoms with Gasteiger partial charge in [-0.3, -0.25) is 0 Å². The molecule has 6 heteroatoms. The van der Waals surface area contributed by atoms with E-state index >= 15 is 0 Å². The van der Waals surface area contributed by atoms with Crippen molar-refractivity contribution in [1.82, 2.24) is 0 Å². The third-order valence-electron chi connectivity index (χ3n) is 4.39. The van der Waals surface area contributed by atoms with Crippen molar-refractivity contribution < 1.29 is 22.3 Å². The van der Waals surface area contributed by atoms with E-state index in [0.717, 1.165) is 24.5 Å². The summed E-state index contributed by atoms with van der Waals surface area (Å²) < 4.78 is 53.7. The zero-order chi connectivity index (χ0) is 21.0. The molecule has 2 aromatic carbocycles. The smallest absolute Gasteiger partial charge is 0.347 e. The molecule has 29 heavy (non-hydrogen) atoms. The summed E-state index contributed by atoms with van der Waals surface area (Å²) in [5, 5.41) is -0.292. The Balaban J connectivity index is 2.01. The van der Waals surface area contributed by atoms with Crippen molar-refractivity contribution in [3.05, 3.63) is 88.2 Å². The SMILES string of the molecule is C=CCCc1ccc(/C(F)=C(\F)c2cc3ccc(OCC)c(F)c3c(=O)o2)cc1. The van der Waals surface area contributed by atoms with Gasteiger partial charge in [0, 0.05) is 5.56 Å². The minimum absolute atomic E-state index is 0.00507. The Labute approximate surface area is 165 Å². The lowest BCUT2D eigenvalue weighted by Gasteiger charge is -2.08. The zero-order valence-corrected chi connectivity index (χ0v) is 15.8. The van der Waals surface area contributed by atoms with Gasteiger partial charge in [-0.2, -0.15) is 4.39 Å². The lowest BCUT2D eigenvalue weighted by atomic mass is 10.1. The molecule has 0 fully saturated rings. The van der Waals surface area contributed by atoms with E-state index in [1.54, 1.807) is 25.1 Å². The summed E-state index contributed by atoms with van der Waals surface area (Å²) in [6.07, 6.45) is 3.29. The van der Waals surface area contributed by atoms with Crippen LogP contribution in [0.4, 0.5) is 13.2 Å². The molecule has 1 heterocycles. The van der Waals surface area contributed by atoms with Crippen LogP contribution < -0.4 is 10.4 Å². The first kappa shape index (κ1) is 20.5. The van der Waals surface area contributed by atoms with Gasteiger partial charge in [0.25, 0.3) is 0 Å². The van der Waals surface area contributed by atoms with Crippen molar-refractivity contribution in [3.8, 4) is 5.75 Å². The Morgan fingerprint density at radius 2 is 1.86 bits per heavy atom. The van der Waals surface area contributed by atoms with E-state index in [2.05, 4.69) is 6.58 Å². The average Bonchev–Trinajstić information content (AvgIpc) is 2.73. The number of benzene rings is 2. The van der Waals surface area contributed by atoms with Gasteiger partial charge in [-0.1, -0.05) is 36.4 Å². The van der Waals surface area contributed by atoms with Crippen LogP contribution in [0.1, 0.15) is 30.2 Å². The van der Waals surface area contributed by atoms with Crippen LogP contribution in [0.2, 0.25) is 0 Å². The molecule has 0 radical (unpaired) electrons. The minimum atomic E-state index is -1.34. The van der Waals surface area contributed by atoms with Gasteiger partial charge in [-0.15, -0.1) is 6.58 Å². The van der Waals surface area contributed by atoms with Crippen molar-refractivity contribution >= 4 is 22.4 Å². The van der Waals surface area contributed by atoms with Crippen molar-refractivity contribution in [3.63, 3.8) is 0 Å². The highest BCUT2D eigenvalue weighted by Gasteiger charge is 2.19. The summed E-state index contributed by atoms with van der Waals surface area (Å²) in [5.41, 5.74) is -0.149. The van der Waals surface area contributed by atoms with Crippen molar-refractivity contribution in [1.29, 1.82) is 0 Å². The Hall–Kier alpha value is -3.28. The van der Waals surface area contributed by atoms with E-state index in [9.17, 15) is 18.0 Å². The molecule has 0 N–H and O–H groups in total. The number of allylic oxidation sites excluding steroid dienone is 1. The Bertz CT molecular complexity index is 1130. The molecule has 0 bridgehead atoms. The summed E-state index contributed by atoms with van der Waals surface area (Å²) in [6.45, 7) is 5.52. The summed E-state index contributed by atoms with van der Waals surface area (Å²) in [4.78, 5) is 12.2. The van der Waals surface area contributed by atoms with Crippen LogP contribution >= 0.6 is 0 Å². The lowest BCUT2D eigenvalue weighted by Crippen LogP contribution is -2.06. The molecule has 3 nitrogen and oxygen atoms in total. The maximum absolute atomic E-state index is 14.7. The molecule has 0 saturated heterocycles. The highest BCUT2D eigenvalue weighted by molar-refractivity contribution is 5.88. The zero-order valence-electron chi connectivity index (χ0n) is 15.8. The third-order valence-corrected chi connectivity index (χ3v) is 4.39. The maximum Gasteiger partial charge on any atom is 0.347 e. The molecule has 0 aliphatic rings. The molecule has 0 saturated carbocycles. The largest absolute Gasteiger partial charge is 0.491 e. The number of ether oxygens (including phenoxy) is 1. The molecule has 0 aliphatic heterocycles. The predicted octanol–water partition coefficient (Wildman–Crippen LogP) is 6.21. The first-order valence-electron chi connectivity index (χ1n) is 9.11. The minimum Gasteiger partial charge on any atom is -0.491 e. The van der Waals surface area contributed by atoms with Crippen LogP contribution in [0, 0.1) is 5.82 Å². The highest BCUT2D eigenvalue weighted by atomic mass is 19.2. The number of aryl methyl sites for hydroxylation is 1. The van der Waals surface area contributed by atoms with Gasteiger partial charge in [-0.25, -0.2) is 13.6 Å². The molecule has 1 aromatic heterocycles. The van der Waals surface area contributed by atoms with Gasteiger partial charge in [0.15, 0.2) is 23.2 Å². The van der Waals surface area contributed by atoms with E-state index in [4.69, 9.17) is 9.15 Å². The second kappa shape index (κ2) is 8.82. The van der Waals surface area contributed by atoms with Crippen molar-refractivity contribution in [2.24, 2.45) is 0 Å². The van der Waals surface area contributed by atoms with Crippen LogP contribution in [-0.2, 0) is 6.42 Å². The molecule has 3 rings (SSSR count). The van der Waals surface area contributed by atoms with E-state index in [1.807, 2.05) is 0 Å². The number of halogens is 3. The predicted molar refractivity (Wildman–Crippen MR) is 108 cm³/mol. The molecule has 150 valence electrons. The normalized spacial score (nSPS) is 12.0. The van der Waals surface area contributed by atoms with Crippen LogP contribution in [0.3, 0.4) is 0 Å². The second-order valence-electron chi connectivity index (χ2n) is 6.33. The molecule has 3 aromatic rings. The van der Waals surface area contributed by atoms with Gasteiger partial charge in [0.05, 0.1) is 6.61 Å². The fraction of sp³-hybridized carbons (Fsp3) is 0.174. The van der Waals surface area contributed by atoms with Gasteiger partial charge in [-0.05, 0) is 42.8 Å². The molecule has 0 atom stereocenters. The molecule has 0 unspecified atom stereocenters. The number of hydrogen-bond acceptors (Lipinski definition) is 3. The van der Waals surface area contributed by atoms with E-state index in [0.29, 0.717) is 0 Å². The monoisotopic (exact) mass is 400 g/mol. The van der Waals surface area contributed by atoms with Gasteiger partial charge in [0.1, 0.15) is 5.39 Å². The fourth-order valence-corrected chi connectivity index (χ4v) is 2.92. The van der Waals surface area contributed by atoms with Crippen LogP contribution in [-0.4, -0.2) is 6.61 Å². The van der Waals surface area contributed by atoms with Crippen molar-refractivity contribution in [2.45, 2.75) is 19.8 Å². The maximum atomic E-state index is 14.7. The lowest BCUT2D eigenvalue weighted by molar-refractivity contribution is 0.322. The van der Waals surface area contributed by atoms with E-state index in [-0.39, 0.29) is 28.7 Å². The quantitative estimate of drug-likeness (QED) is 0.442. The van der Waals surface area contributed by atoms with Gasteiger partial charge >= 0.3 is 5.63 Å². The first-order chi connectivity index (χ1) is 14.0. The summed E-state index contributed by atoms with van der Waals surface area (Å²) in [5.74, 6) is -4.13. The highest BCUT2D eigenvalue weighted by Crippen LogP contribution is 2.31. The topological polar surface area (TPSA) is 39.4 Å². The third kappa shape index (κ3) is 4.26. The van der Waals surface area contributed by atoms with Gasteiger partial charge < -0.3 is 9.15 Å². The number of fused-ring (bicyclic) bond motifs is 1. The van der Waals surface area contributed by atoms with Gasteiger partial charge in [0.2, 0.25) is 5.83 Å². The summed E-state index contributed by atoms with van der Waals surface area (Å²) >= 11 is 0. The summed E-state index contributed by atoms with van der Waals surface area (Å²) in [6, 6.07) is 10.1. The molecule has 0 spiro atoms. The van der Waals surface area contributed by atoms with E-state index in [1.165, 1.54) is 24.3 Å². The Morgan fingerprint density at radius 3 is 2.52 bits per heavy atom. The molecule has 0 aliphatic carbocycles. The second-order valence-corrected chi connectivity index (χ2v) is 6.33. The molecular formula is C23H19F3O3.